The van der Waals surface area contributed by atoms with E-state index in [1.54, 1.807) is 6.08 Å². The highest BCUT2D eigenvalue weighted by Crippen LogP contribution is 2.49. The lowest BCUT2D eigenvalue weighted by atomic mass is 9.88. The van der Waals surface area contributed by atoms with Gasteiger partial charge in [-0.25, -0.2) is 9.18 Å². The molecular formula is C23H18FNO4S. The minimum Gasteiger partial charge on any atom is -0.490 e. The first-order valence-corrected chi connectivity index (χ1v) is 10.1. The molecule has 3 aromatic rings. The molecule has 5 nitrogen and oxygen atoms in total. The van der Waals surface area contributed by atoms with Gasteiger partial charge in [0.15, 0.2) is 0 Å². The maximum atomic E-state index is 13.4. The normalized spacial score (nSPS) is 15.2. The number of hydrogen-bond donors (Lipinski definition) is 2. The Hall–Kier alpha value is -3.45. The molecule has 1 aliphatic heterocycles. The summed E-state index contributed by atoms with van der Waals surface area (Å²) in [4.78, 5) is 25.4. The summed E-state index contributed by atoms with van der Waals surface area (Å²) in [5.74, 6) is -1.38. The molecule has 0 fully saturated rings. The molecule has 1 amide bonds. The first kappa shape index (κ1) is 19.8. The van der Waals surface area contributed by atoms with Crippen molar-refractivity contribution in [2.45, 2.75) is 12.3 Å². The molecule has 0 saturated heterocycles. The van der Waals surface area contributed by atoms with Gasteiger partial charge in [-0.05, 0) is 35.4 Å². The van der Waals surface area contributed by atoms with Crippen LogP contribution in [0.2, 0.25) is 0 Å². The molecule has 2 heterocycles. The Morgan fingerprint density at radius 1 is 1.30 bits per heavy atom. The molecule has 1 aliphatic rings. The summed E-state index contributed by atoms with van der Waals surface area (Å²) >= 11 is 1.13. The van der Waals surface area contributed by atoms with Gasteiger partial charge in [-0.2, -0.15) is 0 Å². The fraction of sp³-hybridized carbons (Fsp3) is 0.130. The summed E-state index contributed by atoms with van der Waals surface area (Å²) in [5, 5.41) is 12.6. The number of carboxylic acid groups (broad SMARTS) is 1. The van der Waals surface area contributed by atoms with Gasteiger partial charge in [0.2, 0.25) is 5.91 Å². The van der Waals surface area contributed by atoms with Crippen molar-refractivity contribution in [2.75, 3.05) is 11.9 Å². The van der Waals surface area contributed by atoms with Crippen molar-refractivity contribution in [3.8, 4) is 16.9 Å². The lowest BCUT2D eigenvalue weighted by Crippen LogP contribution is -2.22. The van der Waals surface area contributed by atoms with E-state index in [1.165, 1.54) is 24.3 Å². The van der Waals surface area contributed by atoms with Gasteiger partial charge in [-0.1, -0.05) is 36.9 Å². The molecule has 1 atom stereocenters. The van der Waals surface area contributed by atoms with E-state index in [1.807, 2.05) is 24.3 Å². The molecule has 2 aromatic carbocycles. The fourth-order valence-electron chi connectivity index (χ4n) is 3.57. The first-order chi connectivity index (χ1) is 14.5. The van der Waals surface area contributed by atoms with Crippen molar-refractivity contribution >= 4 is 28.9 Å². The fourth-order valence-corrected chi connectivity index (χ4v) is 4.82. The molecule has 2 N–H and O–H groups in total. The number of anilines is 1. The topological polar surface area (TPSA) is 75.6 Å². The molecule has 0 spiro atoms. The maximum absolute atomic E-state index is 13.4. The highest BCUT2D eigenvalue weighted by molar-refractivity contribution is 7.15. The Bertz CT molecular complexity index is 1140. The second kappa shape index (κ2) is 8.12. The van der Waals surface area contributed by atoms with Crippen LogP contribution in [-0.2, 0) is 4.79 Å². The lowest BCUT2D eigenvalue weighted by Gasteiger charge is -2.24. The molecule has 1 unspecified atom stereocenters. The zero-order chi connectivity index (χ0) is 21.3. The van der Waals surface area contributed by atoms with Crippen molar-refractivity contribution in [2.24, 2.45) is 0 Å². The molecule has 30 heavy (non-hydrogen) atoms. The number of carbonyl (C=O) groups excluding carboxylic acids is 1. The molecule has 0 bridgehead atoms. The number of thiophene rings is 1. The van der Waals surface area contributed by atoms with Gasteiger partial charge in [0.25, 0.3) is 0 Å². The number of rotatable bonds is 6. The van der Waals surface area contributed by atoms with Gasteiger partial charge in [0.05, 0.1) is 5.69 Å². The van der Waals surface area contributed by atoms with Crippen molar-refractivity contribution in [1.29, 1.82) is 0 Å². The quantitative estimate of drug-likeness (QED) is 0.528. The summed E-state index contributed by atoms with van der Waals surface area (Å²) in [7, 11) is 0. The Morgan fingerprint density at radius 2 is 2.07 bits per heavy atom. The largest absolute Gasteiger partial charge is 0.490 e. The monoisotopic (exact) mass is 423 g/mol. The third kappa shape index (κ3) is 3.71. The number of carboxylic acids is 1. The third-order valence-corrected chi connectivity index (χ3v) is 6.15. The van der Waals surface area contributed by atoms with Crippen LogP contribution in [0.5, 0.6) is 5.75 Å². The van der Waals surface area contributed by atoms with Gasteiger partial charge in [0, 0.05) is 22.8 Å². The zero-order valence-electron chi connectivity index (χ0n) is 15.9. The van der Waals surface area contributed by atoms with Crippen LogP contribution in [0.1, 0.15) is 32.5 Å². The van der Waals surface area contributed by atoms with Crippen molar-refractivity contribution in [3.05, 3.63) is 82.3 Å². The Morgan fingerprint density at radius 3 is 2.77 bits per heavy atom. The van der Waals surface area contributed by atoms with Crippen molar-refractivity contribution in [1.82, 2.24) is 0 Å². The minimum absolute atomic E-state index is 0.109. The summed E-state index contributed by atoms with van der Waals surface area (Å²) in [5.41, 5.74) is 2.27. The van der Waals surface area contributed by atoms with Crippen molar-refractivity contribution < 1.29 is 23.8 Å². The van der Waals surface area contributed by atoms with Crippen LogP contribution in [0.25, 0.3) is 11.1 Å². The molecule has 1 aromatic heterocycles. The van der Waals surface area contributed by atoms with Crippen LogP contribution in [-0.4, -0.2) is 23.6 Å². The third-order valence-electron chi connectivity index (χ3n) is 4.86. The van der Waals surface area contributed by atoms with Crippen LogP contribution < -0.4 is 10.1 Å². The molecule has 4 rings (SSSR count). The van der Waals surface area contributed by atoms with Crippen LogP contribution >= 0.6 is 11.3 Å². The highest BCUT2D eigenvalue weighted by Gasteiger charge is 2.34. The predicted octanol–water partition coefficient (Wildman–Crippen LogP) is 5.29. The van der Waals surface area contributed by atoms with E-state index in [0.717, 1.165) is 21.8 Å². The van der Waals surface area contributed by atoms with Gasteiger partial charge in [0.1, 0.15) is 23.1 Å². The zero-order valence-corrected chi connectivity index (χ0v) is 16.7. The highest BCUT2D eigenvalue weighted by atomic mass is 32.1. The predicted molar refractivity (Wildman–Crippen MR) is 114 cm³/mol. The number of nitrogens with one attached hydrogen (secondary N) is 1. The standard InChI is InChI=1S/C23H18FNO4S/c1-2-10-29-16-5-3-4-14(11-16)17-12-18(26)25-20-19(13-6-8-15(24)9-7-13)22(23(27)28)30-21(17)20/h2-9,11,17H,1,10,12H2,(H,25,26)(H,27,28). The molecule has 7 heteroatoms. The average molecular weight is 423 g/mol. The van der Waals surface area contributed by atoms with E-state index in [2.05, 4.69) is 11.9 Å². The second-order valence-electron chi connectivity index (χ2n) is 6.83. The Labute approximate surface area is 176 Å². The summed E-state index contributed by atoms with van der Waals surface area (Å²) in [6.45, 7) is 3.99. The number of ether oxygens (including phenoxy) is 1. The van der Waals surface area contributed by atoms with Gasteiger partial charge < -0.3 is 15.2 Å². The van der Waals surface area contributed by atoms with Gasteiger partial charge in [-0.15, -0.1) is 11.3 Å². The van der Waals surface area contributed by atoms with E-state index in [-0.39, 0.29) is 23.1 Å². The molecule has 0 aliphatic carbocycles. The van der Waals surface area contributed by atoms with Crippen LogP contribution in [0, 0.1) is 5.82 Å². The molecule has 152 valence electrons. The Balaban J connectivity index is 1.85. The van der Waals surface area contributed by atoms with E-state index in [9.17, 15) is 19.1 Å². The summed E-state index contributed by atoms with van der Waals surface area (Å²) in [6, 6.07) is 13.0. The summed E-state index contributed by atoms with van der Waals surface area (Å²) in [6.07, 6.45) is 1.84. The maximum Gasteiger partial charge on any atom is 0.346 e. The number of fused-ring (bicyclic) bond motifs is 1. The van der Waals surface area contributed by atoms with E-state index >= 15 is 0 Å². The van der Waals surface area contributed by atoms with Crippen LogP contribution in [0.3, 0.4) is 0 Å². The smallest absolute Gasteiger partial charge is 0.346 e. The number of aromatic carboxylic acids is 1. The summed E-state index contributed by atoms with van der Waals surface area (Å²) < 4.78 is 19.0. The number of halogens is 1. The van der Waals surface area contributed by atoms with E-state index < -0.39 is 11.8 Å². The number of carbonyl (C=O) groups is 2. The lowest BCUT2D eigenvalue weighted by molar-refractivity contribution is -0.116. The number of amides is 1. The molecule has 0 radical (unpaired) electrons. The SMILES string of the molecule is C=CCOc1cccc(C2CC(=O)Nc3c2sc(C(=O)O)c3-c2ccc(F)cc2)c1. The van der Waals surface area contributed by atoms with E-state index in [4.69, 9.17) is 4.74 Å². The second-order valence-corrected chi connectivity index (χ2v) is 7.89. The van der Waals surface area contributed by atoms with Crippen LogP contribution in [0.15, 0.2) is 61.2 Å². The molecule has 0 saturated carbocycles. The van der Waals surface area contributed by atoms with Gasteiger partial charge >= 0.3 is 5.97 Å². The number of benzene rings is 2. The molecular weight excluding hydrogens is 405 g/mol. The number of hydrogen-bond acceptors (Lipinski definition) is 4. The minimum atomic E-state index is -1.09. The first-order valence-electron chi connectivity index (χ1n) is 9.27. The van der Waals surface area contributed by atoms with Gasteiger partial charge in [-0.3, -0.25) is 4.79 Å². The van der Waals surface area contributed by atoms with Crippen LogP contribution in [0.4, 0.5) is 10.1 Å². The van der Waals surface area contributed by atoms with Crippen molar-refractivity contribution in [3.63, 3.8) is 0 Å². The average Bonchev–Trinajstić information content (AvgIpc) is 3.12. The van der Waals surface area contributed by atoms with E-state index in [0.29, 0.717) is 29.2 Å². The Kier molecular flexibility index (Phi) is 5.37.